The third kappa shape index (κ3) is 4.21. The maximum atomic E-state index is 13.8. The molecule has 2 aliphatic heterocycles. The van der Waals surface area contributed by atoms with Crippen LogP contribution in [0.15, 0.2) is 65.0 Å². The molecule has 1 N–H and O–H groups in total. The summed E-state index contributed by atoms with van der Waals surface area (Å²) in [6.45, 7) is 1.71. The lowest BCUT2D eigenvalue weighted by Crippen LogP contribution is -2.36. The number of Topliss-reactive ketones (excluding diaryl/α,β-unsaturated/α-hetero) is 1. The van der Waals surface area contributed by atoms with Gasteiger partial charge in [0.15, 0.2) is 17.3 Å². The predicted molar refractivity (Wildman–Crippen MR) is 137 cm³/mol. The molecule has 0 unspecified atom stereocenters. The Morgan fingerprint density at radius 2 is 1.79 bits per heavy atom. The second-order valence-electron chi connectivity index (χ2n) is 10.3. The number of ketones is 1. The van der Waals surface area contributed by atoms with Crippen molar-refractivity contribution in [3.63, 3.8) is 0 Å². The van der Waals surface area contributed by atoms with Gasteiger partial charge in [-0.2, -0.15) is 0 Å². The van der Waals surface area contributed by atoms with Crippen molar-refractivity contribution in [2.24, 2.45) is 0 Å². The molecule has 38 heavy (non-hydrogen) atoms. The quantitative estimate of drug-likeness (QED) is 0.329. The monoisotopic (exact) mass is 516 g/mol. The minimum atomic E-state index is -0.959. The summed E-state index contributed by atoms with van der Waals surface area (Å²) in [7, 11) is 0. The summed E-state index contributed by atoms with van der Waals surface area (Å²) in [6, 6.07) is 12.7. The van der Waals surface area contributed by atoms with Crippen molar-refractivity contribution in [2.75, 3.05) is 6.79 Å². The molecule has 0 amide bonds. The molecule has 0 bridgehead atoms. The molecule has 0 radical (unpaired) electrons. The van der Waals surface area contributed by atoms with Gasteiger partial charge in [0.25, 0.3) is 5.69 Å². The lowest BCUT2D eigenvalue weighted by atomic mass is 9.71. The number of dihydropyridines is 1. The highest BCUT2D eigenvalue weighted by molar-refractivity contribution is 6.04. The molecule has 9 heteroatoms. The van der Waals surface area contributed by atoms with Gasteiger partial charge in [0, 0.05) is 29.0 Å². The van der Waals surface area contributed by atoms with Gasteiger partial charge in [0.05, 0.1) is 22.5 Å². The van der Waals surface area contributed by atoms with Gasteiger partial charge in [-0.15, -0.1) is 0 Å². The number of ether oxygens (including phenoxy) is 3. The van der Waals surface area contributed by atoms with Crippen LogP contribution < -0.4 is 14.8 Å². The molecule has 1 fully saturated rings. The highest BCUT2D eigenvalue weighted by Gasteiger charge is 2.45. The number of hydrogen-bond donors (Lipinski definition) is 1. The molecule has 4 aliphatic rings. The van der Waals surface area contributed by atoms with Crippen LogP contribution in [-0.4, -0.2) is 29.6 Å². The lowest BCUT2D eigenvalue weighted by Gasteiger charge is -2.36. The van der Waals surface area contributed by atoms with Crippen LogP contribution >= 0.6 is 0 Å². The number of nitrogens with zero attached hydrogens (tertiary/aromatic N) is 1. The van der Waals surface area contributed by atoms with Crippen molar-refractivity contribution in [1.29, 1.82) is 0 Å². The number of nitro groups is 1. The highest BCUT2D eigenvalue weighted by atomic mass is 16.7. The number of carbonyl (C=O) groups is 2. The molecule has 2 atom stereocenters. The smallest absolute Gasteiger partial charge is 0.337 e. The Labute approximate surface area is 219 Å². The molecule has 2 aromatic carbocycles. The second-order valence-corrected chi connectivity index (χ2v) is 10.3. The minimum Gasteiger partial charge on any atom is -0.459 e. The number of esters is 1. The van der Waals surface area contributed by atoms with E-state index in [-0.39, 0.29) is 53.6 Å². The second kappa shape index (κ2) is 9.63. The van der Waals surface area contributed by atoms with E-state index in [0.29, 0.717) is 29.1 Å². The molecule has 0 saturated heterocycles. The fourth-order valence-corrected chi connectivity index (χ4v) is 6.14. The van der Waals surface area contributed by atoms with Crippen LogP contribution in [0.1, 0.15) is 68.4 Å². The first-order valence-corrected chi connectivity index (χ1v) is 13.0. The summed E-state index contributed by atoms with van der Waals surface area (Å²) in [5.74, 6) is -1.09. The highest BCUT2D eigenvalue weighted by Crippen LogP contribution is 2.50. The Balaban J connectivity index is 1.48. The fourth-order valence-electron chi connectivity index (χ4n) is 6.14. The first kappa shape index (κ1) is 24.2. The normalized spacial score (nSPS) is 22.8. The molecule has 0 spiro atoms. The molecule has 9 nitrogen and oxygen atoms in total. The SMILES string of the molecule is CC1=C(C(=O)OC2CCCC2)[C@@H](c2cc3c(cc2[N+](=O)[O-])OCO3)C2=C(C[C@@H](c3ccccc3)CC2=O)N1. The summed E-state index contributed by atoms with van der Waals surface area (Å²) in [5, 5.41) is 15.6. The first-order chi connectivity index (χ1) is 18.4. The van der Waals surface area contributed by atoms with E-state index in [1.165, 1.54) is 12.1 Å². The number of hydrogen-bond acceptors (Lipinski definition) is 8. The Kier molecular flexibility index (Phi) is 6.13. The summed E-state index contributed by atoms with van der Waals surface area (Å²) in [5.41, 5.74) is 2.86. The summed E-state index contributed by atoms with van der Waals surface area (Å²) in [6.07, 6.45) is 4.12. The van der Waals surface area contributed by atoms with Crippen LogP contribution in [0.4, 0.5) is 5.69 Å². The zero-order valence-electron chi connectivity index (χ0n) is 21.0. The maximum absolute atomic E-state index is 13.8. The predicted octanol–water partition coefficient (Wildman–Crippen LogP) is 5.17. The topological polar surface area (TPSA) is 117 Å². The lowest BCUT2D eigenvalue weighted by molar-refractivity contribution is -0.385. The Hall–Kier alpha value is -4.14. The van der Waals surface area contributed by atoms with Gasteiger partial charge in [0.1, 0.15) is 6.10 Å². The molecule has 2 aliphatic carbocycles. The number of allylic oxidation sites excluding steroid dienone is 3. The number of fused-ring (bicyclic) bond motifs is 1. The van der Waals surface area contributed by atoms with Gasteiger partial charge < -0.3 is 19.5 Å². The van der Waals surface area contributed by atoms with Crippen LogP contribution in [0.5, 0.6) is 11.5 Å². The summed E-state index contributed by atoms with van der Waals surface area (Å²) in [4.78, 5) is 39.2. The van der Waals surface area contributed by atoms with Gasteiger partial charge >= 0.3 is 5.97 Å². The largest absolute Gasteiger partial charge is 0.459 e. The van der Waals surface area contributed by atoms with Crippen molar-refractivity contribution < 1.29 is 28.7 Å². The average Bonchev–Trinajstić information content (AvgIpc) is 3.59. The van der Waals surface area contributed by atoms with E-state index in [9.17, 15) is 19.7 Å². The van der Waals surface area contributed by atoms with Gasteiger partial charge in [-0.05, 0) is 56.6 Å². The third-order valence-electron chi connectivity index (χ3n) is 7.92. The van der Waals surface area contributed by atoms with E-state index in [1.54, 1.807) is 6.92 Å². The van der Waals surface area contributed by atoms with Gasteiger partial charge in [-0.1, -0.05) is 30.3 Å². The van der Waals surface area contributed by atoms with Gasteiger partial charge in [-0.25, -0.2) is 4.79 Å². The van der Waals surface area contributed by atoms with Crippen LogP contribution in [-0.2, 0) is 14.3 Å². The maximum Gasteiger partial charge on any atom is 0.337 e. The Morgan fingerprint density at radius 1 is 1.08 bits per heavy atom. The van der Waals surface area contributed by atoms with Crippen LogP contribution in [0.3, 0.4) is 0 Å². The zero-order chi connectivity index (χ0) is 26.4. The molecule has 2 aromatic rings. The molecular weight excluding hydrogens is 488 g/mol. The molecule has 6 rings (SSSR count). The summed E-state index contributed by atoms with van der Waals surface area (Å²) >= 11 is 0. The number of carbonyl (C=O) groups excluding carboxylic acids is 2. The molecule has 1 saturated carbocycles. The molecule has 2 heterocycles. The first-order valence-electron chi connectivity index (χ1n) is 13.0. The molecular formula is C29H28N2O7. The fraction of sp³-hybridized carbons (Fsp3) is 0.379. The van der Waals surface area contributed by atoms with Crippen molar-refractivity contribution >= 4 is 17.4 Å². The Morgan fingerprint density at radius 3 is 2.50 bits per heavy atom. The number of rotatable bonds is 5. The zero-order valence-corrected chi connectivity index (χ0v) is 21.0. The van der Waals surface area contributed by atoms with Crippen LogP contribution in [0.2, 0.25) is 0 Å². The van der Waals surface area contributed by atoms with Crippen LogP contribution in [0, 0.1) is 10.1 Å². The third-order valence-corrected chi connectivity index (χ3v) is 7.92. The van der Waals surface area contributed by atoms with Gasteiger partial charge in [0.2, 0.25) is 6.79 Å². The van der Waals surface area contributed by atoms with E-state index in [1.807, 2.05) is 30.3 Å². The van der Waals surface area contributed by atoms with Crippen molar-refractivity contribution in [2.45, 2.75) is 63.4 Å². The van der Waals surface area contributed by atoms with Gasteiger partial charge in [-0.3, -0.25) is 14.9 Å². The van der Waals surface area contributed by atoms with E-state index in [0.717, 1.165) is 31.2 Å². The summed E-state index contributed by atoms with van der Waals surface area (Å²) < 4.78 is 16.8. The van der Waals surface area contributed by atoms with Crippen molar-refractivity contribution in [3.8, 4) is 11.5 Å². The van der Waals surface area contributed by atoms with E-state index in [2.05, 4.69) is 5.32 Å². The number of nitrogens with one attached hydrogen (secondary N) is 1. The van der Waals surface area contributed by atoms with Crippen molar-refractivity contribution in [3.05, 3.63) is 86.2 Å². The van der Waals surface area contributed by atoms with Crippen molar-refractivity contribution in [1.82, 2.24) is 5.32 Å². The minimum absolute atomic E-state index is 0.0397. The number of nitro benzene ring substituents is 1. The Bertz CT molecular complexity index is 1390. The molecule has 0 aromatic heterocycles. The van der Waals surface area contributed by atoms with E-state index >= 15 is 0 Å². The van der Waals surface area contributed by atoms with Crippen LogP contribution in [0.25, 0.3) is 0 Å². The standard InChI is InChI=1S/C29H28N2O7/c1-16-26(29(33)38-19-9-5-6-10-19)27(20-13-24-25(37-15-36-24)14-22(20)31(34)35)28-21(30-16)11-18(12-23(28)32)17-7-3-2-4-8-17/h2-4,7-8,13-14,18-19,27,30H,5-6,9-12,15H2,1H3/t18-,27-/m1/s1. The van der Waals surface area contributed by atoms with E-state index in [4.69, 9.17) is 14.2 Å². The van der Waals surface area contributed by atoms with E-state index < -0.39 is 16.8 Å². The average molecular weight is 517 g/mol. The molecule has 196 valence electrons. The number of benzene rings is 2.